The third-order valence-electron chi connectivity index (χ3n) is 3.83. The van der Waals surface area contributed by atoms with Crippen LogP contribution >= 0.6 is 0 Å². The summed E-state index contributed by atoms with van der Waals surface area (Å²) < 4.78 is 5.70. The standard InChI is InChI=1S/C16H21N3O/c1-3-17-10-14-11-20-16(18-14)19-12(2)8-9-13-6-4-5-7-15(13)19/h4-7,11-12,17H,3,8-10H2,1-2H3. The van der Waals surface area contributed by atoms with E-state index in [1.807, 2.05) is 0 Å². The molecule has 1 aromatic heterocycles. The van der Waals surface area contributed by atoms with Crippen molar-refractivity contribution in [2.45, 2.75) is 39.3 Å². The van der Waals surface area contributed by atoms with Gasteiger partial charge >= 0.3 is 6.01 Å². The van der Waals surface area contributed by atoms with Crippen LogP contribution in [0.25, 0.3) is 0 Å². The second-order valence-electron chi connectivity index (χ2n) is 5.29. The van der Waals surface area contributed by atoms with Crippen molar-refractivity contribution >= 4 is 11.7 Å². The lowest BCUT2D eigenvalue weighted by atomic mass is 9.97. The maximum Gasteiger partial charge on any atom is 0.302 e. The lowest BCUT2D eigenvalue weighted by Crippen LogP contribution is -2.33. The number of aromatic nitrogens is 1. The zero-order valence-corrected chi connectivity index (χ0v) is 12.1. The number of nitrogens with zero attached hydrogens (tertiary/aromatic N) is 2. The molecule has 3 rings (SSSR count). The Balaban J connectivity index is 1.90. The Morgan fingerprint density at radius 2 is 2.25 bits per heavy atom. The van der Waals surface area contributed by atoms with E-state index in [2.05, 4.69) is 53.3 Å². The van der Waals surface area contributed by atoms with Crippen molar-refractivity contribution in [3.05, 3.63) is 41.8 Å². The maximum atomic E-state index is 5.70. The number of para-hydroxylation sites is 1. The SMILES string of the molecule is CCNCc1coc(N2c3ccccc3CCC2C)n1. The van der Waals surface area contributed by atoms with Crippen LogP contribution in [0.3, 0.4) is 0 Å². The summed E-state index contributed by atoms with van der Waals surface area (Å²) in [6.07, 6.45) is 4.00. The molecule has 1 unspecified atom stereocenters. The van der Waals surface area contributed by atoms with E-state index in [9.17, 15) is 0 Å². The Hall–Kier alpha value is -1.81. The normalized spacial score (nSPS) is 18.1. The first-order chi connectivity index (χ1) is 9.79. The number of hydrogen-bond donors (Lipinski definition) is 1. The van der Waals surface area contributed by atoms with Crippen molar-refractivity contribution in [2.75, 3.05) is 11.4 Å². The molecule has 0 radical (unpaired) electrons. The first-order valence-electron chi connectivity index (χ1n) is 7.32. The Bertz CT molecular complexity index is 579. The number of benzene rings is 1. The van der Waals surface area contributed by atoms with Crippen LogP contribution in [0.1, 0.15) is 31.5 Å². The van der Waals surface area contributed by atoms with Gasteiger partial charge in [0.05, 0.1) is 5.69 Å². The van der Waals surface area contributed by atoms with Gasteiger partial charge in [0.25, 0.3) is 0 Å². The van der Waals surface area contributed by atoms with Crippen LogP contribution in [-0.4, -0.2) is 17.6 Å². The van der Waals surface area contributed by atoms with Crippen LogP contribution in [0.4, 0.5) is 11.7 Å². The van der Waals surface area contributed by atoms with Gasteiger partial charge in [0.1, 0.15) is 6.26 Å². The average Bonchev–Trinajstić information content (AvgIpc) is 2.93. The molecule has 0 fully saturated rings. The number of oxazole rings is 1. The van der Waals surface area contributed by atoms with E-state index in [1.54, 1.807) is 6.26 Å². The van der Waals surface area contributed by atoms with E-state index in [4.69, 9.17) is 4.42 Å². The minimum absolute atomic E-state index is 0.413. The molecular formula is C16H21N3O. The molecule has 4 nitrogen and oxygen atoms in total. The van der Waals surface area contributed by atoms with Gasteiger partial charge in [-0.2, -0.15) is 4.98 Å². The van der Waals surface area contributed by atoms with Crippen LogP contribution in [0.15, 0.2) is 34.9 Å². The molecule has 1 atom stereocenters. The molecular weight excluding hydrogens is 250 g/mol. The second kappa shape index (κ2) is 5.67. The number of hydrogen-bond acceptors (Lipinski definition) is 4. The highest BCUT2D eigenvalue weighted by atomic mass is 16.4. The minimum atomic E-state index is 0.413. The lowest BCUT2D eigenvalue weighted by Gasteiger charge is -2.33. The Labute approximate surface area is 119 Å². The third kappa shape index (κ3) is 2.43. The molecule has 0 aliphatic carbocycles. The quantitative estimate of drug-likeness (QED) is 0.926. The molecule has 106 valence electrons. The van der Waals surface area contributed by atoms with Gasteiger partial charge in [-0.05, 0) is 37.9 Å². The number of fused-ring (bicyclic) bond motifs is 1. The van der Waals surface area contributed by atoms with E-state index in [0.29, 0.717) is 12.1 Å². The van der Waals surface area contributed by atoms with E-state index in [1.165, 1.54) is 11.3 Å². The van der Waals surface area contributed by atoms with E-state index >= 15 is 0 Å². The monoisotopic (exact) mass is 271 g/mol. The van der Waals surface area contributed by atoms with Gasteiger partial charge in [0.2, 0.25) is 0 Å². The predicted molar refractivity (Wildman–Crippen MR) is 80.2 cm³/mol. The number of rotatable bonds is 4. The molecule has 2 heterocycles. The van der Waals surface area contributed by atoms with E-state index in [0.717, 1.165) is 31.6 Å². The highest BCUT2D eigenvalue weighted by molar-refractivity contribution is 5.63. The minimum Gasteiger partial charge on any atom is -0.431 e. The zero-order chi connectivity index (χ0) is 13.9. The molecule has 20 heavy (non-hydrogen) atoms. The molecule has 0 spiro atoms. The second-order valence-corrected chi connectivity index (χ2v) is 5.29. The van der Waals surface area contributed by atoms with Gasteiger partial charge < -0.3 is 9.73 Å². The summed E-state index contributed by atoms with van der Waals surface area (Å²) in [5.41, 5.74) is 3.55. The molecule has 2 aromatic rings. The summed E-state index contributed by atoms with van der Waals surface area (Å²) in [5.74, 6) is 0. The first kappa shape index (κ1) is 13.2. The van der Waals surface area contributed by atoms with Gasteiger partial charge in [-0.15, -0.1) is 0 Å². The fourth-order valence-corrected chi connectivity index (χ4v) is 2.72. The molecule has 1 N–H and O–H groups in total. The molecule has 0 saturated heterocycles. The molecule has 0 bridgehead atoms. The van der Waals surface area contributed by atoms with Crippen LogP contribution < -0.4 is 10.2 Å². The highest BCUT2D eigenvalue weighted by Gasteiger charge is 2.27. The summed E-state index contributed by atoms with van der Waals surface area (Å²) in [7, 11) is 0. The molecule has 1 aliphatic heterocycles. The molecule has 1 aliphatic rings. The van der Waals surface area contributed by atoms with E-state index < -0.39 is 0 Å². The van der Waals surface area contributed by atoms with Crippen molar-refractivity contribution in [3.63, 3.8) is 0 Å². The van der Waals surface area contributed by atoms with Crippen LogP contribution in [0, 0.1) is 0 Å². The Morgan fingerprint density at radius 1 is 1.40 bits per heavy atom. The fraction of sp³-hybridized carbons (Fsp3) is 0.438. The van der Waals surface area contributed by atoms with Crippen LogP contribution in [0.2, 0.25) is 0 Å². The van der Waals surface area contributed by atoms with Crippen molar-refractivity contribution in [1.29, 1.82) is 0 Å². The molecule has 0 amide bonds. The van der Waals surface area contributed by atoms with Gasteiger partial charge in [-0.25, -0.2) is 0 Å². The molecule has 4 heteroatoms. The highest BCUT2D eigenvalue weighted by Crippen LogP contribution is 2.36. The summed E-state index contributed by atoms with van der Waals surface area (Å²) in [6, 6.07) is 9.63. The third-order valence-corrected chi connectivity index (χ3v) is 3.83. The van der Waals surface area contributed by atoms with Crippen molar-refractivity contribution in [1.82, 2.24) is 10.3 Å². The van der Waals surface area contributed by atoms with Gasteiger partial charge in [0, 0.05) is 18.3 Å². The lowest BCUT2D eigenvalue weighted by molar-refractivity contribution is 0.510. The van der Waals surface area contributed by atoms with Gasteiger partial charge in [0.15, 0.2) is 0 Å². The summed E-state index contributed by atoms with van der Waals surface area (Å²) >= 11 is 0. The molecule has 0 saturated carbocycles. The van der Waals surface area contributed by atoms with Gasteiger partial charge in [-0.1, -0.05) is 25.1 Å². The predicted octanol–water partition coefficient (Wildman–Crippen LogP) is 3.26. The summed E-state index contributed by atoms with van der Waals surface area (Å²) in [6.45, 7) is 6.00. The van der Waals surface area contributed by atoms with Crippen LogP contribution in [-0.2, 0) is 13.0 Å². The largest absolute Gasteiger partial charge is 0.431 e. The van der Waals surface area contributed by atoms with Gasteiger partial charge in [-0.3, -0.25) is 4.90 Å². The Morgan fingerprint density at radius 3 is 3.10 bits per heavy atom. The van der Waals surface area contributed by atoms with Crippen molar-refractivity contribution < 1.29 is 4.42 Å². The van der Waals surface area contributed by atoms with Crippen molar-refractivity contribution in [2.24, 2.45) is 0 Å². The van der Waals surface area contributed by atoms with E-state index in [-0.39, 0.29) is 0 Å². The number of aryl methyl sites for hydroxylation is 1. The Kier molecular flexibility index (Phi) is 3.74. The summed E-state index contributed by atoms with van der Waals surface area (Å²) in [4.78, 5) is 6.83. The zero-order valence-electron chi connectivity index (χ0n) is 12.1. The average molecular weight is 271 g/mol. The van der Waals surface area contributed by atoms with Crippen LogP contribution in [0.5, 0.6) is 0 Å². The number of anilines is 2. The first-order valence-corrected chi connectivity index (χ1v) is 7.32. The molecule has 1 aromatic carbocycles. The number of nitrogens with one attached hydrogen (secondary N) is 1. The van der Waals surface area contributed by atoms with Crippen molar-refractivity contribution in [3.8, 4) is 0 Å². The smallest absolute Gasteiger partial charge is 0.302 e. The fourth-order valence-electron chi connectivity index (χ4n) is 2.72. The maximum absolute atomic E-state index is 5.70. The topological polar surface area (TPSA) is 41.3 Å². The summed E-state index contributed by atoms with van der Waals surface area (Å²) in [5, 5.41) is 3.27.